The second-order valence-corrected chi connectivity index (χ2v) is 17.8. The molecule has 1 heteroatoms. The highest BCUT2D eigenvalue weighted by Crippen LogP contribution is 2.61. The van der Waals surface area contributed by atoms with Crippen LogP contribution in [0.5, 0.6) is 0 Å². The minimum atomic E-state index is -0.523. The molecule has 13 rings (SSSR count). The Morgan fingerprint density at radius 1 is 0.262 bits per heavy atom. The van der Waals surface area contributed by atoms with E-state index in [9.17, 15) is 0 Å². The number of hydrogen-bond donors (Lipinski definition) is 0. The first kappa shape index (κ1) is 37.5. The van der Waals surface area contributed by atoms with Crippen LogP contribution in [-0.4, -0.2) is 0 Å². The Morgan fingerprint density at radius 3 is 1.15 bits per heavy atom. The van der Waals surface area contributed by atoms with Crippen molar-refractivity contribution in [2.45, 2.75) is 23.7 Å². The van der Waals surface area contributed by atoms with Gasteiger partial charge in [0.25, 0.3) is 0 Å². The van der Waals surface area contributed by atoms with Crippen molar-refractivity contribution < 1.29 is 0 Å². The molecule has 65 heavy (non-hydrogen) atoms. The molecule has 1 nitrogen and oxygen atoms in total. The lowest BCUT2D eigenvalue weighted by molar-refractivity contribution is 0.762. The molecule has 0 aliphatic heterocycles. The first-order valence-electron chi connectivity index (χ1n) is 23.0. The molecule has 1 spiro atoms. The van der Waals surface area contributed by atoms with Gasteiger partial charge in [0.15, 0.2) is 0 Å². The molecule has 10 aromatic rings. The highest BCUT2D eigenvalue weighted by atomic mass is 15.1. The largest absolute Gasteiger partial charge is 0.310 e. The number of aryl methyl sites for hydroxylation is 2. The van der Waals surface area contributed by atoms with Gasteiger partial charge in [0.05, 0.1) is 10.8 Å². The van der Waals surface area contributed by atoms with E-state index in [-0.39, 0.29) is 0 Å². The molecule has 0 atom stereocenters. The first-order chi connectivity index (χ1) is 32.2. The topological polar surface area (TPSA) is 3.24 Å². The fourth-order valence-electron chi connectivity index (χ4n) is 12.1. The Balaban J connectivity index is 1.09. The molecule has 10 aromatic carbocycles. The van der Waals surface area contributed by atoms with Crippen molar-refractivity contribution in [2.75, 3.05) is 4.90 Å². The molecule has 3 aliphatic carbocycles. The summed E-state index contributed by atoms with van der Waals surface area (Å²) in [4.78, 5) is 2.50. The fourth-order valence-corrected chi connectivity index (χ4v) is 12.1. The van der Waals surface area contributed by atoms with Crippen LogP contribution in [0.1, 0.15) is 55.6 Å². The quantitative estimate of drug-likeness (QED) is 0.161. The van der Waals surface area contributed by atoms with Crippen molar-refractivity contribution >= 4 is 17.1 Å². The molecule has 0 saturated heterocycles. The zero-order chi connectivity index (χ0) is 43.0. The summed E-state index contributed by atoms with van der Waals surface area (Å²) in [7, 11) is 0. The Morgan fingerprint density at radius 2 is 0.631 bits per heavy atom. The van der Waals surface area contributed by atoms with Gasteiger partial charge >= 0.3 is 0 Å². The fraction of sp³-hybridized carbons (Fsp3) is 0.0625. The third-order valence-electron chi connectivity index (χ3n) is 14.7. The maximum absolute atomic E-state index is 2.53. The molecule has 0 saturated carbocycles. The van der Waals surface area contributed by atoms with Gasteiger partial charge in [0.2, 0.25) is 0 Å². The molecular weight excluding hydrogens is 783 g/mol. The van der Waals surface area contributed by atoms with Crippen LogP contribution in [-0.2, 0) is 23.7 Å². The molecule has 3 aliphatic rings. The van der Waals surface area contributed by atoms with Crippen LogP contribution in [0, 0.1) is 0 Å². The van der Waals surface area contributed by atoms with E-state index in [1.807, 2.05) is 0 Å². The molecule has 0 heterocycles. The highest BCUT2D eigenvalue weighted by Gasteiger charge is 2.50. The Bertz CT molecular complexity index is 3330. The predicted octanol–water partition coefficient (Wildman–Crippen LogP) is 15.6. The summed E-state index contributed by atoms with van der Waals surface area (Å²) < 4.78 is 0. The molecule has 0 bridgehead atoms. The maximum Gasteiger partial charge on any atom is 0.0719 e. The van der Waals surface area contributed by atoms with Crippen LogP contribution in [0.3, 0.4) is 0 Å². The minimum Gasteiger partial charge on any atom is -0.310 e. The summed E-state index contributed by atoms with van der Waals surface area (Å²) in [6.45, 7) is 0. The Kier molecular flexibility index (Phi) is 8.55. The van der Waals surface area contributed by atoms with E-state index in [2.05, 4.69) is 254 Å². The van der Waals surface area contributed by atoms with Crippen molar-refractivity contribution in [1.82, 2.24) is 0 Å². The Labute approximate surface area is 381 Å². The van der Waals surface area contributed by atoms with Crippen LogP contribution in [0.25, 0.3) is 33.4 Å². The van der Waals surface area contributed by atoms with Crippen LogP contribution < -0.4 is 4.90 Å². The summed E-state index contributed by atoms with van der Waals surface area (Å²) in [5.41, 5.74) is 23.3. The van der Waals surface area contributed by atoms with E-state index in [1.54, 1.807) is 0 Å². The zero-order valence-electron chi connectivity index (χ0n) is 36.0. The van der Waals surface area contributed by atoms with Gasteiger partial charge in [-0.1, -0.05) is 212 Å². The summed E-state index contributed by atoms with van der Waals surface area (Å²) in [6, 6.07) is 93.3. The van der Waals surface area contributed by atoms with E-state index in [1.165, 1.54) is 89.0 Å². The monoisotopic (exact) mass is 827 g/mol. The summed E-state index contributed by atoms with van der Waals surface area (Å²) in [5, 5.41) is 0. The lowest BCUT2D eigenvalue weighted by atomic mass is 9.66. The minimum absolute atomic E-state index is 0.482. The molecule has 0 amide bonds. The second kappa shape index (κ2) is 14.8. The van der Waals surface area contributed by atoms with Gasteiger partial charge in [-0.15, -0.1) is 0 Å². The number of hydrogen-bond acceptors (Lipinski definition) is 1. The van der Waals surface area contributed by atoms with Gasteiger partial charge in [0.1, 0.15) is 0 Å². The molecule has 0 N–H and O–H groups in total. The van der Waals surface area contributed by atoms with Crippen LogP contribution >= 0.6 is 0 Å². The molecule has 0 aromatic heterocycles. The third kappa shape index (κ3) is 5.46. The van der Waals surface area contributed by atoms with Crippen molar-refractivity contribution in [2.24, 2.45) is 0 Å². The predicted molar refractivity (Wildman–Crippen MR) is 269 cm³/mol. The van der Waals surface area contributed by atoms with E-state index >= 15 is 0 Å². The SMILES string of the molecule is c1ccc(-c2ccc(N(c3ccc4c(c3)C(c3ccccc3)(c3ccccc3)c3ccccc3-4)c3ccc4c(c3)C3(c5ccccc5CCc5ccccc53)c3ccccc3-4)cc2)cc1. The summed E-state index contributed by atoms with van der Waals surface area (Å²) in [6.07, 6.45) is 2.02. The van der Waals surface area contributed by atoms with E-state index in [4.69, 9.17) is 0 Å². The van der Waals surface area contributed by atoms with Crippen molar-refractivity contribution in [1.29, 1.82) is 0 Å². The zero-order valence-corrected chi connectivity index (χ0v) is 36.0. The van der Waals surface area contributed by atoms with E-state index in [0.717, 1.165) is 29.9 Å². The molecule has 0 radical (unpaired) electrons. The van der Waals surface area contributed by atoms with Crippen molar-refractivity contribution in [3.8, 4) is 33.4 Å². The smallest absolute Gasteiger partial charge is 0.0719 e. The van der Waals surface area contributed by atoms with Crippen LogP contribution in [0.4, 0.5) is 17.1 Å². The number of benzene rings is 10. The number of fused-ring (bicyclic) bond motifs is 12. The van der Waals surface area contributed by atoms with Crippen molar-refractivity contribution in [3.63, 3.8) is 0 Å². The van der Waals surface area contributed by atoms with Gasteiger partial charge in [-0.3, -0.25) is 0 Å². The van der Waals surface area contributed by atoms with Gasteiger partial charge in [-0.2, -0.15) is 0 Å². The standard InChI is InChI=1S/C64H45N/c1-4-18-44(19-5-1)45-34-36-50(37-35-45)65(51-38-40-55-53-26-12-16-30-59(53)63(61(55)42-51,48-22-6-2-7-23-48)49-24-8-3-9-25-49)52-39-41-56-54-27-13-17-31-60(54)64(62(56)43-52)57-28-14-10-20-46(57)32-33-47-21-11-15-29-58(47)64/h1-31,34-43H,32-33H2. The van der Waals surface area contributed by atoms with Crippen molar-refractivity contribution in [3.05, 3.63) is 304 Å². The first-order valence-corrected chi connectivity index (χ1v) is 23.0. The van der Waals surface area contributed by atoms with E-state index < -0.39 is 10.8 Å². The second-order valence-electron chi connectivity index (χ2n) is 17.8. The normalized spacial score (nSPS) is 14.3. The number of rotatable bonds is 6. The van der Waals surface area contributed by atoms with Gasteiger partial charge < -0.3 is 4.90 Å². The number of anilines is 3. The van der Waals surface area contributed by atoms with Crippen LogP contribution in [0.15, 0.2) is 249 Å². The van der Waals surface area contributed by atoms with Crippen LogP contribution in [0.2, 0.25) is 0 Å². The summed E-state index contributed by atoms with van der Waals surface area (Å²) >= 11 is 0. The van der Waals surface area contributed by atoms with E-state index in [0.29, 0.717) is 0 Å². The molecule has 0 fully saturated rings. The average Bonchev–Trinajstić information content (AvgIpc) is 3.78. The highest BCUT2D eigenvalue weighted by molar-refractivity contribution is 5.93. The van der Waals surface area contributed by atoms with Gasteiger partial charge in [-0.25, -0.2) is 0 Å². The third-order valence-corrected chi connectivity index (χ3v) is 14.7. The lowest BCUT2D eigenvalue weighted by Gasteiger charge is -2.36. The Hall–Kier alpha value is -8.00. The lowest BCUT2D eigenvalue weighted by Crippen LogP contribution is -2.30. The molecular formula is C64H45N. The van der Waals surface area contributed by atoms with Gasteiger partial charge in [-0.05, 0) is 138 Å². The average molecular weight is 828 g/mol. The van der Waals surface area contributed by atoms with Gasteiger partial charge in [0, 0.05) is 17.1 Å². The maximum atomic E-state index is 2.53. The molecule has 0 unspecified atom stereocenters. The summed E-state index contributed by atoms with van der Waals surface area (Å²) in [5.74, 6) is 0. The molecule has 306 valence electrons. The number of nitrogens with zero attached hydrogens (tertiary/aromatic N) is 1.